The van der Waals surface area contributed by atoms with Crippen molar-refractivity contribution in [2.24, 2.45) is 0 Å². The Bertz CT molecular complexity index is 441. The summed E-state index contributed by atoms with van der Waals surface area (Å²) in [6, 6.07) is 3.74. The largest absolute Gasteiger partial charge is 0.468 e. The summed E-state index contributed by atoms with van der Waals surface area (Å²) >= 11 is 0. The van der Waals surface area contributed by atoms with Crippen molar-refractivity contribution in [3.8, 4) is 0 Å². The molecule has 0 amide bonds. The van der Waals surface area contributed by atoms with Crippen LogP contribution in [0.25, 0.3) is 0 Å². The average molecular weight is 258 g/mol. The highest BCUT2D eigenvalue weighted by Gasteiger charge is 2.26. The van der Waals surface area contributed by atoms with Crippen LogP contribution >= 0.6 is 0 Å². The summed E-state index contributed by atoms with van der Waals surface area (Å²) < 4.78 is 30.9. The highest BCUT2D eigenvalue weighted by atomic mass is 32.2. The molecule has 1 saturated heterocycles. The number of nitrogens with zero attached hydrogens (tertiary/aromatic N) is 1. The molecule has 0 saturated carbocycles. The molecular formula is C11H18N2O3S. The molecule has 1 fully saturated rings. The van der Waals surface area contributed by atoms with Crippen LogP contribution in [0, 0.1) is 0 Å². The van der Waals surface area contributed by atoms with Gasteiger partial charge >= 0.3 is 0 Å². The van der Waals surface area contributed by atoms with Gasteiger partial charge in [0.1, 0.15) is 5.76 Å². The van der Waals surface area contributed by atoms with E-state index in [-0.39, 0.29) is 11.8 Å². The third kappa shape index (κ3) is 3.31. The standard InChI is InChI=1S/C11H18N2O3S/c1-10-8-13(9-11-4-2-6-16-11)17(14,15)7-3-5-12-10/h2,4,6,10,12H,3,5,7-9H2,1H3. The van der Waals surface area contributed by atoms with Crippen LogP contribution in [0.1, 0.15) is 19.1 Å². The van der Waals surface area contributed by atoms with E-state index in [0.29, 0.717) is 25.3 Å². The van der Waals surface area contributed by atoms with Gasteiger partial charge in [-0.3, -0.25) is 0 Å². The van der Waals surface area contributed by atoms with Gasteiger partial charge in [0, 0.05) is 12.6 Å². The van der Waals surface area contributed by atoms with Crippen LogP contribution in [0.4, 0.5) is 0 Å². The molecule has 0 spiro atoms. The zero-order chi connectivity index (χ0) is 12.3. The summed E-state index contributed by atoms with van der Waals surface area (Å²) in [6.45, 7) is 3.56. The van der Waals surface area contributed by atoms with Gasteiger partial charge in [0.25, 0.3) is 0 Å². The molecule has 6 heteroatoms. The maximum absolute atomic E-state index is 12.1. The van der Waals surface area contributed by atoms with Crippen molar-refractivity contribution in [3.63, 3.8) is 0 Å². The summed E-state index contributed by atoms with van der Waals surface area (Å²) in [5, 5.41) is 3.30. The number of sulfonamides is 1. The summed E-state index contributed by atoms with van der Waals surface area (Å²) in [6.07, 6.45) is 2.22. The van der Waals surface area contributed by atoms with E-state index in [1.807, 2.05) is 6.92 Å². The van der Waals surface area contributed by atoms with Crippen LogP contribution < -0.4 is 5.32 Å². The molecule has 2 heterocycles. The minimum atomic E-state index is -3.16. The molecule has 96 valence electrons. The second kappa shape index (κ2) is 5.20. The Hall–Kier alpha value is -0.850. The highest BCUT2D eigenvalue weighted by molar-refractivity contribution is 7.89. The molecule has 1 aliphatic rings. The lowest BCUT2D eigenvalue weighted by Crippen LogP contribution is -2.45. The second-order valence-corrected chi connectivity index (χ2v) is 6.49. The van der Waals surface area contributed by atoms with Crippen LogP contribution in [0.15, 0.2) is 22.8 Å². The second-order valence-electron chi connectivity index (χ2n) is 4.40. The van der Waals surface area contributed by atoms with Gasteiger partial charge in [-0.15, -0.1) is 0 Å². The monoisotopic (exact) mass is 258 g/mol. The van der Waals surface area contributed by atoms with Crippen LogP contribution in [-0.4, -0.2) is 37.6 Å². The Balaban J connectivity index is 2.14. The van der Waals surface area contributed by atoms with Crippen molar-refractivity contribution >= 4 is 10.0 Å². The predicted molar refractivity (Wildman–Crippen MR) is 65.0 cm³/mol. The van der Waals surface area contributed by atoms with Crippen molar-refractivity contribution < 1.29 is 12.8 Å². The first-order valence-electron chi connectivity index (χ1n) is 5.81. The van der Waals surface area contributed by atoms with E-state index in [0.717, 1.165) is 6.54 Å². The zero-order valence-corrected chi connectivity index (χ0v) is 10.7. The zero-order valence-electron chi connectivity index (χ0n) is 9.93. The molecule has 5 nitrogen and oxygen atoms in total. The fourth-order valence-corrected chi connectivity index (χ4v) is 3.50. The molecule has 1 N–H and O–H groups in total. The lowest BCUT2D eigenvalue weighted by molar-refractivity contribution is 0.323. The summed E-state index contributed by atoms with van der Waals surface area (Å²) in [5.41, 5.74) is 0. The first-order chi connectivity index (χ1) is 8.08. The molecule has 1 atom stereocenters. The van der Waals surface area contributed by atoms with Crippen molar-refractivity contribution in [3.05, 3.63) is 24.2 Å². The van der Waals surface area contributed by atoms with Gasteiger partial charge in [-0.1, -0.05) is 0 Å². The maximum atomic E-state index is 12.1. The Kier molecular flexibility index (Phi) is 3.86. The number of hydrogen-bond acceptors (Lipinski definition) is 4. The molecule has 0 aliphatic carbocycles. The molecule has 1 aromatic heterocycles. The minimum Gasteiger partial charge on any atom is -0.468 e. The van der Waals surface area contributed by atoms with E-state index in [2.05, 4.69) is 5.32 Å². The lowest BCUT2D eigenvalue weighted by atomic mass is 10.3. The molecule has 0 bridgehead atoms. The number of furan rings is 1. The maximum Gasteiger partial charge on any atom is 0.214 e. The summed E-state index contributed by atoms with van der Waals surface area (Å²) in [4.78, 5) is 0. The SMILES string of the molecule is CC1CN(Cc2ccco2)S(=O)(=O)CCCN1. The summed E-state index contributed by atoms with van der Waals surface area (Å²) in [5.74, 6) is 0.884. The van der Waals surface area contributed by atoms with E-state index in [9.17, 15) is 8.42 Å². The molecule has 17 heavy (non-hydrogen) atoms. The van der Waals surface area contributed by atoms with Crippen LogP contribution in [0.5, 0.6) is 0 Å². The van der Waals surface area contributed by atoms with Crippen molar-refractivity contribution in [1.29, 1.82) is 0 Å². The number of nitrogens with one attached hydrogen (secondary N) is 1. The Labute approximate surface area is 102 Å². The van der Waals surface area contributed by atoms with Crippen LogP contribution in [-0.2, 0) is 16.6 Å². The molecule has 1 aromatic rings. The summed E-state index contributed by atoms with van der Waals surface area (Å²) in [7, 11) is -3.16. The van der Waals surface area contributed by atoms with Crippen molar-refractivity contribution in [2.45, 2.75) is 25.9 Å². The van der Waals surface area contributed by atoms with Gasteiger partial charge in [-0.25, -0.2) is 8.42 Å². The molecule has 1 unspecified atom stereocenters. The smallest absolute Gasteiger partial charge is 0.214 e. The predicted octanol–water partition coefficient (Wildman–Crippen LogP) is 0.793. The van der Waals surface area contributed by atoms with E-state index < -0.39 is 10.0 Å². The van der Waals surface area contributed by atoms with E-state index in [4.69, 9.17) is 4.42 Å². The molecule has 2 rings (SSSR count). The van der Waals surface area contributed by atoms with Gasteiger partial charge in [0.2, 0.25) is 10.0 Å². The number of rotatable bonds is 2. The van der Waals surface area contributed by atoms with E-state index in [1.165, 1.54) is 4.31 Å². The van der Waals surface area contributed by atoms with Gasteiger partial charge < -0.3 is 9.73 Å². The van der Waals surface area contributed by atoms with Gasteiger partial charge in [-0.05, 0) is 32.0 Å². The Morgan fingerprint density at radius 1 is 1.59 bits per heavy atom. The molecule has 0 radical (unpaired) electrons. The lowest BCUT2D eigenvalue weighted by Gasteiger charge is -2.27. The fraction of sp³-hybridized carbons (Fsp3) is 0.636. The van der Waals surface area contributed by atoms with Gasteiger partial charge in [-0.2, -0.15) is 4.31 Å². The molecule has 0 aromatic carbocycles. The third-order valence-corrected chi connectivity index (χ3v) is 4.72. The first-order valence-corrected chi connectivity index (χ1v) is 7.42. The van der Waals surface area contributed by atoms with Gasteiger partial charge in [0.15, 0.2) is 0 Å². The van der Waals surface area contributed by atoms with Crippen LogP contribution in [0.2, 0.25) is 0 Å². The number of hydrogen-bond donors (Lipinski definition) is 1. The first kappa shape index (κ1) is 12.6. The van der Waals surface area contributed by atoms with Gasteiger partial charge in [0.05, 0.1) is 18.6 Å². The molecular weight excluding hydrogens is 240 g/mol. The highest BCUT2D eigenvalue weighted by Crippen LogP contribution is 2.13. The van der Waals surface area contributed by atoms with Crippen molar-refractivity contribution in [2.75, 3.05) is 18.8 Å². The van der Waals surface area contributed by atoms with E-state index in [1.54, 1.807) is 18.4 Å². The average Bonchev–Trinajstić information content (AvgIpc) is 2.75. The van der Waals surface area contributed by atoms with Crippen LogP contribution in [0.3, 0.4) is 0 Å². The quantitative estimate of drug-likeness (QED) is 0.852. The third-order valence-electron chi connectivity index (χ3n) is 2.86. The Morgan fingerprint density at radius 3 is 3.12 bits per heavy atom. The fourth-order valence-electron chi connectivity index (χ4n) is 1.95. The normalized spacial score (nSPS) is 26.3. The van der Waals surface area contributed by atoms with E-state index >= 15 is 0 Å². The Morgan fingerprint density at radius 2 is 2.41 bits per heavy atom. The molecule has 1 aliphatic heterocycles. The minimum absolute atomic E-state index is 0.167. The topological polar surface area (TPSA) is 62.6 Å². The van der Waals surface area contributed by atoms with Crippen molar-refractivity contribution in [1.82, 2.24) is 9.62 Å².